The lowest BCUT2D eigenvalue weighted by atomic mass is 10.1. The van der Waals surface area contributed by atoms with Crippen molar-refractivity contribution in [1.82, 2.24) is 9.80 Å². The summed E-state index contributed by atoms with van der Waals surface area (Å²) in [5.74, 6) is -0.440. The van der Waals surface area contributed by atoms with Crippen molar-refractivity contribution in [2.45, 2.75) is 50.9 Å². The molecule has 2 heterocycles. The van der Waals surface area contributed by atoms with Gasteiger partial charge in [-0.25, -0.2) is 8.78 Å². The van der Waals surface area contributed by atoms with Gasteiger partial charge in [0.15, 0.2) is 0 Å². The van der Waals surface area contributed by atoms with Gasteiger partial charge in [-0.15, -0.1) is 0 Å². The lowest BCUT2D eigenvalue weighted by Crippen LogP contribution is -2.39. The SMILES string of the molecule is NC1CCN(Cc2c(F)cccc2Cl)CC1.NC1CCN(Cc2c(F)cccc2Cl)CC1. The molecule has 0 radical (unpaired) electrons. The molecule has 0 spiro atoms. The van der Waals surface area contributed by atoms with Crippen LogP contribution in [0.3, 0.4) is 0 Å². The molecule has 4 nitrogen and oxygen atoms in total. The fraction of sp³-hybridized carbons (Fsp3) is 0.500. The van der Waals surface area contributed by atoms with Crippen LogP contribution >= 0.6 is 23.2 Å². The van der Waals surface area contributed by atoms with Crippen LogP contribution in [0.4, 0.5) is 8.78 Å². The van der Waals surface area contributed by atoms with Crippen LogP contribution in [0.25, 0.3) is 0 Å². The molecular formula is C24H32Cl2F2N4. The Labute approximate surface area is 199 Å². The van der Waals surface area contributed by atoms with Crippen LogP contribution in [0.2, 0.25) is 10.0 Å². The number of hydrogen-bond donors (Lipinski definition) is 2. The normalized spacial score (nSPS) is 18.9. The molecule has 0 bridgehead atoms. The molecule has 2 fully saturated rings. The van der Waals surface area contributed by atoms with Gasteiger partial charge in [0.05, 0.1) is 0 Å². The average molecular weight is 485 g/mol. The average Bonchev–Trinajstić information content (AvgIpc) is 2.77. The number of piperidine rings is 2. The van der Waals surface area contributed by atoms with E-state index in [0.717, 1.165) is 51.9 Å². The molecule has 176 valence electrons. The molecule has 4 rings (SSSR count). The summed E-state index contributed by atoms with van der Waals surface area (Å²) < 4.78 is 27.1. The minimum Gasteiger partial charge on any atom is -0.328 e. The molecule has 0 unspecified atom stereocenters. The zero-order chi connectivity index (χ0) is 23.1. The molecule has 8 heteroatoms. The van der Waals surface area contributed by atoms with E-state index in [-0.39, 0.29) is 11.6 Å². The summed E-state index contributed by atoms with van der Waals surface area (Å²) in [6.45, 7) is 4.85. The Balaban J connectivity index is 0.000000181. The van der Waals surface area contributed by atoms with E-state index < -0.39 is 0 Å². The molecule has 2 aromatic carbocycles. The first kappa shape index (κ1) is 25.3. The summed E-state index contributed by atoms with van der Waals surface area (Å²) in [6.07, 6.45) is 3.91. The second-order valence-electron chi connectivity index (χ2n) is 8.63. The highest BCUT2D eigenvalue weighted by Gasteiger charge is 2.19. The molecule has 32 heavy (non-hydrogen) atoms. The van der Waals surface area contributed by atoms with E-state index in [2.05, 4.69) is 9.80 Å². The van der Waals surface area contributed by atoms with Crippen LogP contribution in [0, 0.1) is 11.6 Å². The number of rotatable bonds is 4. The van der Waals surface area contributed by atoms with Gasteiger partial charge in [-0.1, -0.05) is 35.3 Å². The van der Waals surface area contributed by atoms with Crippen molar-refractivity contribution >= 4 is 23.2 Å². The second-order valence-corrected chi connectivity index (χ2v) is 9.44. The van der Waals surface area contributed by atoms with Gasteiger partial charge in [-0.2, -0.15) is 0 Å². The van der Waals surface area contributed by atoms with E-state index >= 15 is 0 Å². The largest absolute Gasteiger partial charge is 0.328 e. The third kappa shape index (κ3) is 7.37. The van der Waals surface area contributed by atoms with E-state index in [1.54, 1.807) is 24.3 Å². The molecule has 0 aliphatic carbocycles. The van der Waals surface area contributed by atoms with Crippen LogP contribution in [0.15, 0.2) is 36.4 Å². The predicted octanol–water partition coefficient (Wildman–Crippen LogP) is 4.80. The smallest absolute Gasteiger partial charge is 0.129 e. The van der Waals surface area contributed by atoms with Gasteiger partial charge < -0.3 is 11.5 Å². The van der Waals surface area contributed by atoms with Gasteiger partial charge in [-0.05, 0) is 76.1 Å². The van der Waals surface area contributed by atoms with Gasteiger partial charge in [0, 0.05) is 46.3 Å². The Hall–Kier alpha value is -1.28. The summed E-state index contributed by atoms with van der Waals surface area (Å²) in [7, 11) is 0. The molecule has 2 saturated heterocycles. The van der Waals surface area contributed by atoms with E-state index in [9.17, 15) is 8.78 Å². The number of halogens is 4. The molecular weight excluding hydrogens is 453 g/mol. The van der Waals surface area contributed by atoms with E-state index in [0.29, 0.717) is 46.3 Å². The third-order valence-electron chi connectivity index (χ3n) is 6.15. The highest BCUT2D eigenvalue weighted by Crippen LogP contribution is 2.23. The number of likely N-dealkylation sites (tertiary alicyclic amines) is 2. The summed E-state index contributed by atoms with van der Waals surface area (Å²) in [5, 5.41) is 1.02. The number of nitrogens with zero attached hydrogens (tertiary/aromatic N) is 2. The Morgan fingerprint density at radius 1 is 0.688 bits per heavy atom. The Morgan fingerprint density at radius 2 is 1.03 bits per heavy atom. The van der Waals surface area contributed by atoms with Gasteiger partial charge >= 0.3 is 0 Å². The fourth-order valence-electron chi connectivity index (χ4n) is 4.04. The van der Waals surface area contributed by atoms with Crippen LogP contribution in [-0.4, -0.2) is 48.1 Å². The van der Waals surface area contributed by atoms with Gasteiger partial charge in [0.2, 0.25) is 0 Å². The summed E-state index contributed by atoms with van der Waals surface area (Å²) in [4.78, 5) is 4.40. The molecule has 0 atom stereocenters. The molecule has 4 N–H and O–H groups in total. The fourth-order valence-corrected chi connectivity index (χ4v) is 4.48. The van der Waals surface area contributed by atoms with Crippen LogP contribution in [0.5, 0.6) is 0 Å². The molecule has 2 aliphatic rings. The van der Waals surface area contributed by atoms with Crippen molar-refractivity contribution in [2.75, 3.05) is 26.2 Å². The quantitative estimate of drug-likeness (QED) is 0.653. The van der Waals surface area contributed by atoms with E-state index in [1.807, 2.05) is 0 Å². The topological polar surface area (TPSA) is 58.5 Å². The molecule has 2 aliphatic heterocycles. The van der Waals surface area contributed by atoms with Crippen LogP contribution in [-0.2, 0) is 13.1 Å². The maximum atomic E-state index is 13.5. The number of hydrogen-bond acceptors (Lipinski definition) is 4. The molecule has 0 aromatic heterocycles. The van der Waals surface area contributed by atoms with Crippen LogP contribution < -0.4 is 11.5 Å². The maximum Gasteiger partial charge on any atom is 0.129 e. The first-order valence-corrected chi connectivity index (χ1v) is 11.9. The summed E-state index contributed by atoms with van der Waals surface area (Å²) >= 11 is 12.0. The van der Waals surface area contributed by atoms with Gasteiger partial charge in [-0.3, -0.25) is 9.80 Å². The monoisotopic (exact) mass is 484 g/mol. The van der Waals surface area contributed by atoms with Crippen molar-refractivity contribution in [1.29, 1.82) is 0 Å². The minimum atomic E-state index is -0.220. The lowest BCUT2D eigenvalue weighted by Gasteiger charge is -2.30. The van der Waals surface area contributed by atoms with Gasteiger partial charge in [0.1, 0.15) is 11.6 Å². The zero-order valence-electron chi connectivity index (χ0n) is 18.3. The summed E-state index contributed by atoms with van der Waals surface area (Å²) in [6, 6.07) is 10.2. The Kier molecular flexibility index (Phi) is 9.71. The third-order valence-corrected chi connectivity index (χ3v) is 6.86. The van der Waals surface area contributed by atoms with E-state index in [4.69, 9.17) is 34.7 Å². The second kappa shape index (κ2) is 12.3. The number of benzene rings is 2. The van der Waals surface area contributed by atoms with Crippen molar-refractivity contribution in [3.63, 3.8) is 0 Å². The first-order chi connectivity index (χ1) is 15.3. The highest BCUT2D eigenvalue weighted by atomic mass is 35.5. The van der Waals surface area contributed by atoms with Crippen molar-refractivity contribution in [2.24, 2.45) is 11.5 Å². The molecule has 0 amide bonds. The first-order valence-electron chi connectivity index (χ1n) is 11.1. The minimum absolute atomic E-state index is 0.220. The molecule has 0 saturated carbocycles. The Morgan fingerprint density at radius 3 is 1.34 bits per heavy atom. The standard InChI is InChI=1S/2C12H16ClFN2/c2*13-11-2-1-3-12(14)10(11)8-16-6-4-9(15)5-7-16/h2*1-3,9H,4-8,15H2. The van der Waals surface area contributed by atoms with E-state index in [1.165, 1.54) is 12.1 Å². The van der Waals surface area contributed by atoms with Crippen molar-refractivity contribution in [3.05, 3.63) is 69.2 Å². The summed E-state index contributed by atoms with van der Waals surface area (Å²) in [5.41, 5.74) is 12.8. The zero-order valence-corrected chi connectivity index (χ0v) is 19.8. The highest BCUT2D eigenvalue weighted by molar-refractivity contribution is 6.31. The lowest BCUT2D eigenvalue weighted by molar-refractivity contribution is 0.203. The van der Waals surface area contributed by atoms with Crippen LogP contribution in [0.1, 0.15) is 36.8 Å². The van der Waals surface area contributed by atoms with Crippen molar-refractivity contribution in [3.8, 4) is 0 Å². The number of nitrogens with two attached hydrogens (primary N) is 2. The predicted molar refractivity (Wildman–Crippen MR) is 128 cm³/mol. The van der Waals surface area contributed by atoms with Gasteiger partial charge in [0.25, 0.3) is 0 Å². The molecule has 2 aromatic rings. The van der Waals surface area contributed by atoms with Crippen molar-refractivity contribution < 1.29 is 8.78 Å². The Bertz CT molecular complexity index is 755. The maximum absolute atomic E-state index is 13.5.